The van der Waals surface area contributed by atoms with Crippen molar-refractivity contribution in [2.24, 2.45) is 11.8 Å². The second kappa shape index (κ2) is 5.89. The molecule has 3 amide bonds. The van der Waals surface area contributed by atoms with Gasteiger partial charge < -0.3 is 14.7 Å². The van der Waals surface area contributed by atoms with Crippen LogP contribution in [-0.2, 0) is 14.4 Å². The summed E-state index contributed by atoms with van der Waals surface area (Å²) in [5.74, 6) is 0.454. The molecule has 1 saturated carbocycles. The van der Waals surface area contributed by atoms with Crippen LogP contribution in [0.4, 0.5) is 0 Å². The van der Waals surface area contributed by atoms with Gasteiger partial charge in [0.1, 0.15) is 0 Å². The minimum atomic E-state index is -0.208. The maximum atomic E-state index is 12.6. The van der Waals surface area contributed by atoms with Gasteiger partial charge in [0.2, 0.25) is 17.7 Å². The van der Waals surface area contributed by atoms with Gasteiger partial charge in [0.25, 0.3) is 0 Å². The third-order valence-electron chi connectivity index (χ3n) is 4.96. The zero-order valence-corrected chi connectivity index (χ0v) is 13.5. The van der Waals surface area contributed by atoms with E-state index in [2.05, 4.69) is 0 Å². The van der Waals surface area contributed by atoms with Gasteiger partial charge in [-0.25, -0.2) is 0 Å². The number of hydrogen-bond acceptors (Lipinski definition) is 3. The molecule has 0 aromatic heterocycles. The molecule has 3 rings (SSSR count). The SMILES string of the molecule is CC(C)N1CC(C(=O)N2CCN(C(=O)C3CC3)CC2)CC1=O. The highest BCUT2D eigenvalue weighted by Crippen LogP contribution is 2.31. The molecular weight excluding hydrogens is 282 g/mol. The first-order chi connectivity index (χ1) is 10.5. The van der Waals surface area contributed by atoms with E-state index in [1.807, 2.05) is 23.6 Å². The molecular formula is C16H25N3O3. The van der Waals surface area contributed by atoms with Gasteiger partial charge in [-0.1, -0.05) is 0 Å². The Kier molecular flexibility index (Phi) is 4.10. The lowest BCUT2D eigenvalue weighted by atomic mass is 10.1. The lowest BCUT2D eigenvalue weighted by molar-refractivity contribution is -0.142. The molecule has 0 aromatic carbocycles. The van der Waals surface area contributed by atoms with Crippen molar-refractivity contribution in [3.8, 4) is 0 Å². The molecule has 22 heavy (non-hydrogen) atoms. The van der Waals surface area contributed by atoms with Crippen LogP contribution >= 0.6 is 0 Å². The zero-order valence-electron chi connectivity index (χ0n) is 13.5. The predicted molar refractivity (Wildman–Crippen MR) is 80.8 cm³/mol. The molecule has 6 heteroatoms. The number of carbonyl (C=O) groups excluding carboxylic acids is 3. The second-order valence-electron chi connectivity index (χ2n) is 6.97. The highest BCUT2D eigenvalue weighted by atomic mass is 16.2. The Morgan fingerprint density at radius 1 is 0.955 bits per heavy atom. The molecule has 0 spiro atoms. The number of carbonyl (C=O) groups is 3. The fraction of sp³-hybridized carbons (Fsp3) is 0.812. The monoisotopic (exact) mass is 307 g/mol. The summed E-state index contributed by atoms with van der Waals surface area (Å²) in [6.45, 7) is 6.97. The molecule has 1 aliphatic carbocycles. The average Bonchev–Trinajstić information content (AvgIpc) is 3.28. The van der Waals surface area contributed by atoms with E-state index in [9.17, 15) is 14.4 Å². The maximum Gasteiger partial charge on any atom is 0.228 e. The average molecular weight is 307 g/mol. The third-order valence-corrected chi connectivity index (χ3v) is 4.96. The van der Waals surface area contributed by atoms with Crippen molar-refractivity contribution in [2.75, 3.05) is 32.7 Å². The minimum absolute atomic E-state index is 0.0787. The molecule has 3 fully saturated rings. The molecule has 0 bridgehead atoms. The van der Waals surface area contributed by atoms with E-state index in [4.69, 9.17) is 0 Å². The van der Waals surface area contributed by atoms with E-state index in [0.29, 0.717) is 39.1 Å². The number of nitrogens with zero attached hydrogens (tertiary/aromatic N) is 3. The maximum absolute atomic E-state index is 12.6. The fourth-order valence-electron chi connectivity index (χ4n) is 3.39. The number of piperazine rings is 1. The van der Waals surface area contributed by atoms with Crippen molar-refractivity contribution in [3.05, 3.63) is 0 Å². The van der Waals surface area contributed by atoms with Gasteiger partial charge in [-0.2, -0.15) is 0 Å². The molecule has 1 atom stereocenters. The topological polar surface area (TPSA) is 60.9 Å². The Morgan fingerprint density at radius 2 is 1.45 bits per heavy atom. The minimum Gasteiger partial charge on any atom is -0.339 e. The molecule has 122 valence electrons. The van der Waals surface area contributed by atoms with Gasteiger partial charge in [0.15, 0.2) is 0 Å². The molecule has 6 nitrogen and oxygen atoms in total. The summed E-state index contributed by atoms with van der Waals surface area (Å²) in [5, 5.41) is 0. The van der Waals surface area contributed by atoms with Crippen LogP contribution in [0.1, 0.15) is 33.1 Å². The standard InChI is InChI=1S/C16H25N3O3/c1-11(2)19-10-13(9-14(19)20)16(22)18-7-5-17(6-8-18)15(21)12-3-4-12/h11-13H,3-10H2,1-2H3. The Morgan fingerprint density at radius 3 is 1.86 bits per heavy atom. The molecule has 0 radical (unpaired) electrons. The number of rotatable bonds is 3. The summed E-state index contributed by atoms with van der Waals surface area (Å²) < 4.78 is 0. The van der Waals surface area contributed by atoms with Gasteiger partial charge in [0.05, 0.1) is 5.92 Å². The largest absolute Gasteiger partial charge is 0.339 e. The van der Waals surface area contributed by atoms with Crippen LogP contribution < -0.4 is 0 Å². The molecule has 2 heterocycles. The molecule has 2 aliphatic heterocycles. The van der Waals surface area contributed by atoms with Crippen LogP contribution in [0.25, 0.3) is 0 Å². The van der Waals surface area contributed by atoms with E-state index < -0.39 is 0 Å². The molecule has 1 unspecified atom stereocenters. The molecule has 0 N–H and O–H groups in total. The molecule has 2 saturated heterocycles. The first-order valence-corrected chi connectivity index (χ1v) is 8.34. The van der Waals surface area contributed by atoms with E-state index >= 15 is 0 Å². The van der Waals surface area contributed by atoms with Crippen LogP contribution in [0.15, 0.2) is 0 Å². The van der Waals surface area contributed by atoms with Gasteiger partial charge in [-0.3, -0.25) is 14.4 Å². The smallest absolute Gasteiger partial charge is 0.228 e. The van der Waals surface area contributed by atoms with Crippen molar-refractivity contribution in [2.45, 2.75) is 39.2 Å². The van der Waals surface area contributed by atoms with Crippen molar-refractivity contribution < 1.29 is 14.4 Å². The van der Waals surface area contributed by atoms with E-state index in [1.165, 1.54) is 0 Å². The Hall–Kier alpha value is -1.59. The summed E-state index contributed by atoms with van der Waals surface area (Å²) >= 11 is 0. The number of amides is 3. The Bertz CT molecular complexity index is 479. The van der Waals surface area contributed by atoms with Gasteiger partial charge in [-0.05, 0) is 26.7 Å². The summed E-state index contributed by atoms with van der Waals surface area (Å²) in [7, 11) is 0. The van der Waals surface area contributed by atoms with Crippen molar-refractivity contribution >= 4 is 17.7 Å². The van der Waals surface area contributed by atoms with E-state index in [1.54, 1.807) is 4.90 Å². The number of likely N-dealkylation sites (tertiary alicyclic amines) is 1. The first kappa shape index (κ1) is 15.3. The molecule has 3 aliphatic rings. The van der Waals surface area contributed by atoms with Crippen LogP contribution in [0.3, 0.4) is 0 Å². The van der Waals surface area contributed by atoms with E-state index in [0.717, 1.165) is 12.8 Å². The quantitative estimate of drug-likeness (QED) is 0.754. The molecule has 0 aromatic rings. The second-order valence-corrected chi connectivity index (χ2v) is 6.97. The van der Waals surface area contributed by atoms with Crippen LogP contribution in [-0.4, -0.2) is 71.2 Å². The van der Waals surface area contributed by atoms with Crippen molar-refractivity contribution in [1.29, 1.82) is 0 Å². The lowest BCUT2D eigenvalue weighted by Crippen LogP contribution is -2.52. The fourth-order valence-corrected chi connectivity index (χ4v) is 3.39. The van der Waals surface area contributed by atoms with Crippen molar-refractivity contribution in [3.63, 3.8) is 0 Å². The predicted octanol–water partition coefficient (Wildman–Crippen LogP) is 0.324. The van der Waals surface area contributed by atoms with Gasteiger partial charge >= 0.3 is 0 Å². The zero-order chi connectivity index (χ0) is 15.9. The summed E-state index contributed by atoms with van der Waals surface area (Å²) in [6, 6.07) is 0.151. The summed E-state index contributed by atoms with van der Waals surface area (Å²) in [5.41, 5.74) is 0. The Balaban J connectivity index is 1.52. The van der Waals surface area contributed by atoms with Gasteiger partial charge in [0, 0.05) is 51.1 Å². The lowest BCUT2D eigenvalue weighted by Gasteiger charge is -2.36. The van der Waals surface area contributed by atoms with Crippen LogP contribution in [0.2, 0.25) is 0 Å². The number of hydrogen-bond donors (Lipinski definition) is 0. The third kappa shape index (κ3) is 2.96. The first-order valence-electron chi connectivity index (χ1n) is 8.34. The van der Waals surface area contributed by atoms with Crippen LogP contribution in [0.5, 0.6) is 0 Å². The van der Waals surface area contributed by atoms with E-state index in [-0.39, 0.29) is 35.6 Å². The highest BCUT2D eigenvalue weighted by molar-refractivity contribution is 5.89. The summed E-state index contributed by atoms with van der Waals surface area (Å²) in [6.07, 6.45) is 2.37. The summed E-state index contributed by atoms with van der Waals surface area (Å²) in [4.78, 5) is 42.1. The Labute approximate surface area is 131 Å². The van der Waals surface area contributed by atoms with Gasteiger partial charge in [-0.15, -0.1) is 0 Å². The van der Waals surface area contributed by atoms with Crippen LogP contribution in [0, 0.1) is 11.8 Å². The normalized spacial score (nSPS) is 26.0. The highest BCUT2D eigenvalue weighted by Gasteiger charge is 2.39. The van der Waals surface area contributed by atoms with Crippen molar-refractivity contribution in [1.82, 2.24) is 14.7 Å².